The van der Waals surface area contributed by atoms with Gasteiger partial charge in [-0.05, 0) is 19.9 Å². The average molecular weight is 392 g/mol. The number of nitrogens with one attached hydrogen (secondary N) is 1. The van der Waals surface area contributed by atoms with Crippen molar-refractivity contribution < 1.29 is 9.53 Å². The summed E-state index contributed by atoms with van der Waals surface area (Å²) >= 11 is 0. The highest BCUT2D eigenvalue weighted by Crippen LogP contribution is 2.23. The normalized spacial score (nSPS) is 14.1. The second-order valence-corrected chi connectivity index (χ2v) is 7.03. The van der Waals surface area contributed by atoms with E-state index in [1.807, 2.05) is 44.2 Å². The number of amides is 1. The first-order valence-corrected chi connectivity index (χ1v) is 9.61. The standard InChI is InChI=1S/C21H24N6O2/c1-14-19(15(2)23-21(22-14)27-9-11-29-12-10-27)24-20(28)18-13-17(25-26(18)3)16-7-5-4-6-8-16/h4-8,13H,9-12H2,1-3H3,(H,24,28). The van der Waals surface area contributed by atoms with Crippen LogP contribution < -0.4 is 10.2 Å². The van der Waals surface area contributed by atoms with Crippen molar-refractivity contribution in [3.8, 4) is 11.3 Å². The van der Waals surface area contributed by atoms with Gasteiger partial charge in [0.05, 0.1) is 36.0 Å². The van der Waals surface area contributed by atoms with Crippen LogP contribution >= 0.6 is 0 Å². The minimum atomic E-state index is -0.240. The van der Waals surface area contributed by atoms with Crippen molar-refractivity contribution in [3.63, 3.8) is 0 Å². The fourth-order valence-electron chi connectivity index (χ4n) is 3.39. The number of ether oxygens (including phenoxy) is 1. The Bertz CT molecular complexity index is 1000. The highest BCUT2D eigenvalue weighted by Gasteiger charge is 2.20. The zero-order valence-corrected chi connectivity index (χ0v) is 16.8. The molecule has 1 saturated heterocycles. The fraction of sp³-hybridized carbons (Fsp3) is 0.333. The van der Waals surface area contributed by atoms with Crippen LogP contribution in [0.25, 0.3) is 11.3 Å². The van der Waals surface area contributed by atoms with E-state index in [1.165, 1.54) is 0 Å². The van der Waals surface area contributed by atoms with Crippen molar-refractivity contribution in [1.29, 1.82) is 0 Å². The van der Waals surface area contributed by atoms with E-state index in [9.17, 15) is 4.79 Å². The molecule has 0 unspecified atom stereocenters. The summed E-state index contributed by atoms with van der Waals surface area (Å²) in [6.45, 7) is 6.64. The summed E-state index contributed by atoms with van der Waals surface area (Å²) in [6, 6.07) is 11.6. The summed E-state index contributed by atoms with van der Waals surface area (Å²) in [6.07, 6.45) is 0. The molecule has 0 radical (unpaired) electrons. The molecule has 150 valence electrons. The summed E-state index contributed by atoms with van der Waals surface area (Å²) in [5.41, 5.74) is 4.29. The van der Waals surface area contributed by atoms with Gasteiger partial charge in [0, 0.05) is 25.7 Å². The van der Waals surface area contributed by atoms with E-state index in [0.29, 0.717) is 30.5 Å². The highest BCUT2D eigenvalue weighted by atomic mass is 16.5. The van der Waals surface area contributed by atoms with E-state index in [-0.39, 0.29) is 5.91 Å². The van der Waals surface area contributed by atoms with Gasteiger partial charge in [0.15, 0.2) is 0 Å². The number of aromatic nitrogens is 4. The monoisotopic (exact) mass is 392 g/mol. The Morgan fingerprint density at radius 3 is 2.38 bits per heavy atom. The van der Waals surface area contributed by atoms with Gasteiger partial charge in [-0.2, -0.15) is 5.10 Å². The second kappa shape index (κ2) is 8.00. The van der Waals surface area contributed by atoms with Gasteiger partial charge in [-0.25, -0.2) is 9.97 Å². The third-order valence-electron chi connectivity index (χ3n) is 4.97. The molecule has 0 saturated carbocycles. The molecule has 1 aliphatic heterocycles. The molecule has 1 N–H and O–H groups in total. The van der Waals surface area contributed by atoms with Gasteiger partial charge in [-0.3, -0.25) is 9.48 Å². The maximum Gasteiger partial charge on any atom is 0.274 e. The molecule has 29 heavy (non-hydrogen) atoms. The Morgan fingerprint density at radius 1 is 1.07 bits per heavy atom. The molecule has 4 rings (SSSR count). The van der Waals surface area contributed by atoms with Gasteiger partial charge in [-0.15, -0.1) is 0 Å². The number of morpholine rings is 1. The number of benzene rings is 1. The molecular formula is C21H24N6O2. The van der Waals surface area contributed by atoms with Gasteiger partial charge in [0.1, 0.15) is 5.69 Å². The van der Waals surface area contributed by atoms with Crippen LogP contribution in [0.3, 0.4) is 0 Å². The molecule has 1 aliphatic rings. The zero-order chi connectivity index (χ0) is 20.4. The molecule has 1 aromatic carbocycles. The summed E-state index contributed by atoms with van der Waals surface area (Å²) in [5.74, 6) is 0.435. The van der Waals surface area contributed by atoms with Crippen molar-refractivity contribution in [2.75, 3.05) is 36.5 Å². The van der Waals surface area contributed by atoms with Crippen molar-refractivity contribution in [3.05, 3.63) is 53.5 Å². The molecule has 8 heteroatoms. The number of anilines is 2. The second-order valence-electron chi connectivity index (χ2n) is 7.03. The van der Waals surface area contributed by atoms with Gasteiger partial charge in [0.2, 0.25) is 5.95 Å². The van der Waals surface area contributed by atoms with Crippen molar-refractivity contribution in [2.45, 2.75) is 13.8 Å². The van der Waals surface area contributed by atoms with Crippen molar-refractivity contribution in [1.82, 2.24) is 19.7 Å². The van der Waals surface area contributed by atoms with E-state index in [4.69, 9.17) is 4.74 Å². The lowest BCUT2D eigenvalue weighted by molar-refractivity contribution is 0.101. The smallest absolute Gasteiger partial charge is 0.274 e. The van der Waals surface area contributed by atoms with Crippen LogP contribution in [0, 0.1) is 13.8 Å². The van der Waals surface area contributed by atoms with Gasteiger partial charge in [0.25, 0.3) is 5.91 Å². The summed E-state index contributed by atoms with van der Waals surface area (Å²) in [4.78, 5) is 24.2. The van der Waals surface area contributed by atoms with E-state index >= 15 is 0 Å². The molecule has 0 aliphatic carbocycles. The van der Waals surface area contributed by atoms with Crippen LogP contribution in [0.4, 0.5) is 11.6 Å². The first-order valence-electron chi connectivity index (χ1n) is 9.61. The Hall–Kier alpha value is -3.26. The Labute approximate surface area is 169 Å². The average Bonchev–Trinajstić information content (AvgIpc) is 3.13. The summed E-state index contributed by atoms with van der Waals surface area (Å²) in [5, 5.41) is 7.43. The first-order chi connectivity index (χ1) is 14.0. The topological polar surface area (TPSA) is 85.2 Å². The largest absolute Gasteiger partial charge is 0.378 e. The van der Waals surface area contributed by atoms with E-state index in [2.05, 4.69) is 25.3 Å². The van der Waals surface area contributed by atoms with E-state index in [0.717, 1.165) is 35.7 Å². The lowest BCUT2D eigenvalue weighted by atomic mass is 10.1. The predicted molar refractivity (Wildman–Crippen MR) is 111 cm³/mol. The molecule has 8 nitrogen and oxygen atoms in total. The molecule has 0 atom stereocenters. The van der Waals surface area contributed by atoms with E-state index in [1.54, 1.807) is 17.8 Å². The minimum absolute atomic E-state index is 0.240. The molecule has 0 spiro atoms. The van der Waals surface area contributed by atoms with Crippen molar-refractivity contribution >= 4 is 17.5 Å². The van der Waals surface area contributed by atoms with Crippen LogP contribution in [0.5, 0.6) is 0 Å². The van der Waals surface area contributed by atoms with Gasteiger partial charge >= 0.3 is 0 Å². The molecule has 1 amide bonds. The SMILES string of the molecule is Cc1nc(N2CCOCC2)nc(C)c1NC(=O)c1cc(-c2ccccc2)nn1C. The Morgan fingerprint density at radius 2 is 1.72 bits per heavy atom. The van der Waals surface area contributed by atoms with Crippen LogP contribution in [0.1, 0.15) is 21.9 Å². The zero-order valence-electron chi connectivity index (χ0n) is 16.8. The molecule has 3 aromatic rings. The minimum Gasteiger partial charge on any atom is -0.378 e. The maximum absolute atomic E-state index is 12.9. The third-order valence-corrected chi connectivity index (χ3v) is 4.97. The number of hydrogen-bond donors (Lipinski definition) is 1. The number of carbonyl (C=O) groups excluding carboxylic acids is 1. The predicted octanol–water partition coefficient (Wildman–Crippen LogP) is 2.58. The molecule has 3 heterocycles. The third kappa shape index (κ3) is 3.97. The number of nitrogens with zero attached hydrogens (tertiary/aromatic N) is 5. The Kier molecular flexibility index (Phi) is 5.26. The summed E-state index contributed by atoms with van der Waals surface area (Å²) in [7, 11) is 1.76. The summed E-state index contributed by atoms with van der Waals surface area (Å²) < 4.78 is 6.98. The molecular weight excluding hydrogens is 368 g/mol. The quantitative estimate of drug-likeness (QED) is 0.735. The fourth-order valence-corrected chi connectivity index (χ4v) is 3.39. The molecule has 2 aromatic heterocycles. The molecule has 0 bridgehead atoms. The highest BCUT2D eigenvalue weighted by molar-refractivity contribution is 6.04. The number of carbonyl (C=O) groups is 1. The lowest BCUT2D eigenvalue weighted by Crippen LogP contribution is -2.37. The van der Waals surface area contributed by atoms with E-state index < -0.39 is 0 Å². The van der Waals surface area contributed by atoms with Crippen LogP contribution in [-0.2, 0) is 11.8 Å². The van der Waals surface area contributed by atoms with Crippen LogP contribution in [0.15, 0.2) is 36.4 Å². The lowest BCUT2D eigenvalue weighted by Gasteiger charge is -2.27. The number of aryl methyl sites for hydroxylation is 3. The number of hydrogen-bond acceptors (Lipinski definition) is 6. The maximum atomic E-state index is 12.9. The van der Waals surface area contributed by atoms with Gasteiger partial charge < -0.3 is 15.0 Å². The number of rotatable bonds is 4. The van der Waals surface area contributed by atoms with Gasteiger partial charge in [-0.1, -0.05) is 30.3 Å². The molecule has 1 fully saturated rings. The van der Waals surface area contributed by atoms with Crippen LogP contribution in [0.2, 0.25) is 0 Å². The first kappa shape index (κ1) is 19.1. The Balaban J connectivity index is 1.56. The van der Waals surface area contributed by atoms with Crippen molar-refractivity contribution in [2.24, 2.45) is 7.05 Å². The van der Waals surface area contributed by atoms with Crippen LogP contribution in [-0.4, -0.2) is 52.0 Å².